The molecule has 1 aromatic carbocycles. The van der Waals surface area contributed by atoms with Crippen molar-refractivity contribution in [3.63, 3.8) is 0 Å². The fraction of sp³-hybridized carbons (Fsp3) is 0.412. The summed E-state index contributed by atoms with van der Waals surface area (Å²) >= 11 is 3.44. The Bertz CT molecular complexity index is 669. The molecule has 1 aromatic heterocycles. The number of aromatic nitrogens is 2. The van der Waals surface area contributed by atoms with Crippen molar-refractivity contribution >= 4 is 21.8 Å². The predicted octanol–water partition coefficient (Wildman–Crippen LogP) is 2.72. The summed E-state index contributed by atoms with van der Waals surface area (Å²) in [6.45, 7) is 1.86. The van der Waals surface area contributed by atoms with Crippen LogP contribution in [-0.2, 0) is 23.0 Å². The monoisotopic (exact) mass is 377 g/mol. The summed E-state index contributed by atoms with van der Waals surface area (Å²) in [4.78, 5) is 18.5. The van der Waals surface area contributed by atoms with Crippen molar-refractivity contribution in [2.75, 3.05) is 19.7 Å². The molecule has 0 spiro atoms. The van der Waals surface area contributed by atoms with Gasteiger partial charge in [0.1, 0.15) is 6.10 Å². The van der Waals surface area contributed by atoms with E-state index in [1.165, 1.54) is 0 Å². The summed E-state index contributed by atoms with van der Waals surface area (Å²) in [5.74, 6) is 0.177. The van der Waals surface area contributed by atoms with Crippen molar-refractivity contribution in [1.29, 1.82) is 0 Å². The maximum atomic E-state index is 12.5. The van der Waals surface area contributed by atoms with Crippen molar-refractivity contribution in [2.45, 2.75) is 18.9 Å². The highest BCUT2D eigenvalue weighted by Gasteiger charge is 2.25. The zero-order valence-corrected chi connectivity index (χ0v) is 14.7. The summed E-state index contributed by atoms with van der Waals surface area (Å²) in [5.41, 5.74) is 2.19. The molecule has 6 heteroatoms. The van der Waals surface area contributed by atoms with Gasteiger partial charge in [-0.15, -0.1) is 0 Å². The zero-order chi connectivity index (χ0) is 16.2. The predicted molar refractivity (Wildman–Crippen MR) is 90.9 cm³/mol. The van der Waals surface area contributed by atoms with Crippen LogP contribution in [0.15, 0.2) is 41.3 Å². The highest BCUT2D eigenvalue weighted by molar-refractivity contribution is 9.10. The number of benzene rings is 1. The van der Waals surface area contributed by atoms with Gasteiger partial charge < -0.3 is 14.2 Å². The number of nitrogens with zero attached hydrogens (tertiary/aromatic N) is 3. The molecule has 1 aliphatic rings. The summed E-state index contributed by atoms with van der Waals surface area (Å²) in [6.07, 6.45) is 4.76. The van der Waals surface area contributed by atoms with E-state index in [4.69, 9.17) is 4.74 Å². The third kappa shape index (κ3) is 4.00. The second-order valence-corrected chi connectivity index (χ2v) is 6.66. The second-order valence-electron chi connectivity index (χ2n) is 5.75. The highest BCUT2D eigenvalue weighted by Crippen LogP contribution is 2.24. The fourth-order valence-corrected chi connectivity index (χ4v) is 3.04. The topological polar surface area (TPSA) is 47.4 Å². The Kier molecular flexibility index (Phi) is 5.13. The van der Waals surface area contributed by atoms with Crippen LogP contribution in [0.2, 0.25) is 0 Å². The first-order valence-corrected chi connectivity index (χ1v) is 8.53. The number of carbonyl (C=O) groups excluding carboxylic acids is 1. The molecular weight excluding hydrogens is 358 g/mol. The van der Waals surface area contributed by atoms with Gasteiger partial charge in [0, 0.05) is 36.4 Å². The van der Waals surface area contributed by atoms with E-state index in [9.17, 15) is 4.79 Å². The van der Waals surface area contributed by atoms with Crippen LogP contribution < -0.4 is 0 Å². The van der Waals surface area contributed by atoms with Crippen LogP contribution in [0.5, 0.6) is 0 Å². The van der Waals surface area contributed by atoms with Gasteiger partial charge in [-0.05, 0) is 24.1 Å². The molecule has 2 aromatic rings. The molecule has 1 saturated heterocycles. The molecule has 122 valence electrons. The molecular formula is C17H20BrN3O2. The lowest BCUT2D eigenvalue weighted by Crippen LogP contribution is -2.42. The molecule has 1 amide bonds. The van der Waals surface area contributed by atoms with E-state index in [-0.39, 0.29) is 12.0 Å². The first-order valence-electron chi connectivity index (χ1n) is 7.73. The van der Waals surface area contributed by atoms with Crippen molar-refractivity contribution in [2.24, 2.45) is 7.05 Å². The van der Waals surface area contributed by atoms with E-state index in [1.807, 2.05) is 47.0 Å². The van der Waals surface area contributed by atoms with Crippen molar-refractivity contribution in [3.05, 3.63) is 52.5 Å². The average molecular weight is 378 g/mol. The molecule has 0 aliphatic carbocycles. The maximum absolute atomic E-state index is 12.5. The molecule has 1 atom stereocenters. The Labute approximate surface area is 144 Å². The number of imidazole rings is 1. The van der Waals surface area contributed by atoms with Crippen LogP contribution in [0.3, 0.4) is 0 Å². The van der Waals surface area contributed by atoms with Crippen molar-refractivity contribution in [3.8, 4) is 0 Å². The lowest BCUT2D eigenvalue weighted by Gasteiger charge is -2.33. The molecule has 1 fully saturated rings. The Morgan fingerprint density at radius 3 is 2.87 bits per heavy atom. The quantitative estimate of drug-likeness (QED) is 0.822. The fourth-order valence-electron chi connectivity index (χ4n) is 2.77. The molecule has 5 nitrogen and oxygen atoms in total. The number of ether oxygens (including phenoxy) is 1. The second kappa shape index (κ2) is 7.27. The van der Waals surface area contributed by atoms with E-state index in [2.05, 4.69) is 20.9 Å². The van der Waals surface area contributed by atoms with Gasteiger partial charge in [0.15, 0.2) is 0 Å². The Hall–Kier alpha value is -1.66. The van der Waals surface area contributed by atoms with E-state index in [0.29, 0.717) is 26.1 Å². The molecule has 3 rings (SSSR count). The summed E-state index contributed by atoms with van der Waals surface area (Å²) in [7, 11) is 1.95. The third-order valence-electron chi connectivity index (χ3n) is 4.17. The molecule has 0 N–H and O–H groups in total. The molecule has 0 bridgehead atoms. The minimum Gasteiger partial charge on any atom is -0.370 e. The third-order valence-corrected chi connectivity index (χ3v) is 4.70. The van der Waals surface area contributed by atoms with Crippen LogP contribution in [0.25, 0.3) is 0 Å². The summed E-state index contributed by atoms with van der Waals surface area (Å²) < 4.78 is 8.83. The van der Waals surface area contributed by atoms with Gasteiger partial charge in [-0.3, -0.25) is 4.79 Å². The van der Waals surface area contributed by atoms with E-state index in [0.717, 1.165) is 22.2 Å². The van der Waals surface area contributed by atoms with E-state index in [1.54, 1.807) is 6.33 Å². The number of hydrogen-bond donors (Lipinski definition) is 0. The average Bonchev–Trinajstić information content (AvgIpc) is 2.98. The first-order chi connectivity index (χ1) is 11.1. The standard InChI is InChI=1S/C17H20BrN3O2/c1-20-12-19-10-15(20)6-7-17(22)21-8-9-23-16(11-21)13-2-4-14(18)5-3-13/h2-5,10,12,16H,6-9,11H2,1H3. The van der Waals surface area contributed by atoms with Crippen molar-refractivity contribution in [1.82, 2.24) is 14.5 Å². The molecule has 0 saturated carbocycles. The van der Waals surface area contributed by atoms with Gasteiger partial charge in [-0.25, -0.2) is 4.98 Å². The number of halogens is 1. The highest BCUT2D eigenvalue weighted by atomic mass is 79.9. The van der Waals surface area contributed by atoms with Crippen LogP contribution in [0.4, 0.5) is 0 Å². The smallest absolute Gasteiger partial charge is 0.223 e. The number of hydrogen-bond acceptors (Lipinski definition) is 3. The van der Waals surface area contributed by atoms with Crippen molar-refractivity contribution < 1.29 is 9.53 Å². The summed E-state index contributed by atoms with van der Waals surface area (Å²) in [6, 6.07) is 8.08. The minimum atomic E-state index is -0.0440. The molecule has 23 heavy (non-hydrogen) atoms. The number of aryl methyl sites for hydroxylation is 2. The van der Waals surface area contributed by atoms with Gasteiger partial charge in [0.25, 0.3) is 0 Å². The number of amides is 1. The molecule has 2 heterocycles. The molecule has 1 aliphatic heterocycles. The van der Waals surface area contributed by atoms with Gasteiger partial charge in [-0.1, -0.05) is 28.1 Å². The number of carbonyl (C=O) groups is 1. The summed E-state index contributed by atoms with van der Waals surface area (Å²) in [5, 5.41) is 0. The normalized spacial score (nSPS) is 18.2. The van der Waals surface area contributed by atoms with Crippen LogP contribution >= 0.6 is 15.9 Å². The SMILES string of the molecule is Cn1cncc1CCC(=O)N1CCOC(c2ccc(Br)cc2)C1. The van der Waals surface area contributed by atoms with Gasteiger partial charge >= 0.3 is 0 Å². The largest absolute Gasteiger partial charge is 0.370 e. The zero-order valence-electron chi connectivity index (χ0n) is 13.1. The van der Waals surface area contributed by atoms with Gasteiger partial charge in [0.05, 0.1) is 19.5 Å². The van der Waals surface area contributed by atoms with Crippen LogP contribution in [0, 0.1) is 0 Å². The molecule has 0 radical (unpaired) electrons. The Balaban J connectivity index is 1.58. The maximum Gasteiger partial charge on any atom is 0.223 e. The van der Waals surface area contributed by atoms with E-state index >= 15 is 0 Å². The van der Waals surface area contributed by atoms with E-state index < -0.39 is 0 Å². The lowest BCUT2D eigenvalue weighted by molar-refractivity contribution is -0.139. The number of morpholine rings is 1. The van der Waals surface area contributed by atoms with Gasteiger partial charge in [-0.2, -0.15) is 0 Å². The Morgan fingerprint density at radius 2 is 2.17 bits per heavy atom. The minimum absolute atomic E-state index is 0.0440. The molecule has 1 unspecified atom stereocenters. The number of rotatable bonds is 4. The first kappa shape index (κ1) is 16.2. The van der Waals surface area contributed by atoms with Crippen LogP contribution in [0.1, 0.15) is 23.8 Å². The van der Waals surface area contributed by atoms with Gasteiger partial charge in [0.2, 0.25) is 5.91 Å². The van der Waals surface area contributed by atoms with Crippen LogP contribution in [-0.4, -0.2) is 40.1 Å². The lowest BCUT2D eigenvalue weighted by atomic mass is 10.1. The Morgan fingerprint density at radius 1 is 1.39 bits per heavy atom.